The second kappa shape index (κ2) is 5.09. The maximum absolute atomic E-state index is 11.2. The highest BCUT2D eigenvalue weighted by atomic mass is 16.1. The lowest BCUT2D eigenvalue weighted by molar-refractivity contribution is -0.115. The van der Waals surface area contributed by atoms with Gasteiger partial charge in [0.1, 0.15) is 0 Å². The van der Waals surface area contributed by atoms with Crippen molar-refractivity contribution in [2.75, 3.05) is 25.5 Å². The van der Waals surface area contributed by atoms with Gasteiger partial charge in [0.15, 0.2) is 0 Å². The highest BCUT2D eigenvalue weighted by Gasteiger charge is 2.16. The molecule has 0 spiro atoms. The van der Waals surface area contributed by atoms with Crippen molar-refractivity contribution in [3.63, 3.8) is 0 Å². The summed E-state index contributed by atoms with van der Waals surface area (Å²) in [6, 6.07) is 6.13. The number of hydrogen-bond acceptors (Lipinski definition) is 3. The van der Waals surface area contributed by atoms with Crippen molar-refractivity contribution in [2.45, 2.75) is 13.0 Å². The third-order valence-electron chi connectivity index (χ3n) is 2.68. The monoisotopic (exact) mass is 219 g/mol. The van der Waals surface area contributed by atoms with Gasteiger partial charge in [-0.15, -0.1) is 0 Å². The standard InChI is InChI=1S/C12H17N3O/c1-13-4-5-14-8-9-2-3-11-10(6-9)7-12(16)15-11/h2-3,6,13-14H,4-5,7-8H2,1H3,(H,15,16). The molecule has 1 aliphatic rings. The molecule has 4 nitrogen and oxygen atoms in total. The molecule has 0 saturated heterocycles. The van der Waals surface area contributed by atoms with Crippen molar-refractivity contribution < 1.29 is 4.79 Å². The number of carbonyl (C=O) groups excluding carboxylic acids is 1. The van der Waals surface area contributed by atoms with E-state index in [0.717, 1.165) is 30.9 Å². The van der Waals surface area contributed by atoms with Crippen LogP contribution < -0.4 is 16.0 Å². The predicted molar refractivity (Wildman–Crippen MR) is 64.4 cm³/mol. The summed E-state index contributed by atoms with van der Waals surface area (Å²) in [5.41, 5.74) is 3.30. The molecule has 0 saturated carbocycles. The summed E-state index contributed by atoms with van der Waals surface area (Å²) in [6.45, 7) is 2.76. The van der Waals surface area contributed by atoms with Gasteiger partial charge >= 0.3 is 0 Å². The van der Waals surface area contributed by atoms with Crippen molar-refractivity contribution in [1.82, 2.24) is 10.6 Å². The van der Waals surface area contributed by atoms with E-state index >= 15 is 0 Å². The number of carbonyl (C=O) groups is 1. The van der Waals surface area contributed by atoms with Crippen molar-refractivity contribution in [1.29, 1.82) is 0 Å². The van der Waals surface area contributed by atoms with E-state index in [4.69, 9.17) is 0 Å². The van der Waals surface area contributed by atoms with Gasteiger partial charge in [0, 0.05) is 25.3 Å². The number of likely N-dealkylation sites (N-methyl/N-ethyl adjacent to an activating group) is 1. The summed E-state index contributed by atoms with van der Waals surface area (Å²) in [4.78, 5) is 11.2. The SMILES string of the molecule is CNCCNCc1ccc2c(c1)CC(=O)N2. The Morgan fingerprint density at radius 1 is 1.38 bits per heavy atom. The van der Waals surface area contributed by atoms with Gasteiger partial charge in [-0.25, -0.2) is 0 Å². The van der Waals surface area contributed by atoms with Crippen LogP contribution in [0.15, 0.2) is 18.2 Å². The van der Waals surface area contributed by atoms with Crippen LogP contribution in [0.4, 0.5) is 5.69 Å². The van der Waals surface area contributed by atoms with E-state index in [9.17, 15) is 4.79 Å². The summed E-state index contributed by atoms with van der Waals surface area (Å²) in [7, 11) is 1.94. The predicted octanol–water partition coefficient (Wildman–Crippen LogP) is 0.490. The Bertz CT molecular complexity index is 390. The molecule has 0 atom stereocenters. The molecule has 16 heavy (non-hydrogen) atoms. The fourth-order valence-electron chi connectivity index (χ4n) is 1.84. The zero-order valence-electron chi connectivity index (χ0n) is 9.47. The second-order valence-electron chi connectivity index (χ2n) is 4.00. The van der Waals surface area contributed by atoms with E-state index in [1.54, 1.807) is 0 Å². The zero-order valence-corrected chi connectivity index (χ0v) is 9.47. The van der Waals surface area contributed by atoms with Gasteiger partial charge in [-0.3, -0.25) is 4.79 Å². The number of anilines is 1. The molecule has 1 aromatic carbocycles. The first kappa shape index (κ1) is 11.1. The smallest absolute Gasteiger partial charge is 0.228 e. The van der Waals surface area contributed by atoms with Crippen molar-refractivity contribution in [3.8, 4) is 0 Å². The molecule has 86 valence electrons. The highest BCUT2D eigenvalue weighted by Crippen LogP contribution is 2.23. The van der Waals surface area contributed by atoms with Crippen LogP contribution in [0.2, 0.25) is 0 Å². The van der Waals surface area contributed by atoms with Crippen molar-refractivity contribution >= 4 is 11.6 Å². The lowest BCUT2D eigenvalue weighted by atomic mass is 10.1. The summed E-state index contributed by atoms with van der Waals surface area (Å²) in [5, 5.41) is 9.25. The van der Waals surface area contributed by atoms with Crippen LogP contribution in [-0.2, 0) is 17.8 Å². The Kier molecular flexibility index (Phi) is 3.54. The summed E-state index contributed by atoms with van der Waals surface area (Å²) < 4.78 is 0. The van der Waals surface area contributed by atoms with Gasteiger partial charge in [-0.2, -0.15) is 0 Å². The minimum atomic E-state index is 0.0929. The number of hydrogen-bond donors (Lipinski definition) is 3. The van der Waals surface area contributed by atoms with Gasteiger partial charge in [0.25, 0.3) is 0 Å². The maximum Gasteiger partial charge on any atom is 0.228 e. The summed E-state index contributed by atoms with van der Waals surface area (Å²) >= 11 is 0. The molecule has 0 aliphatic carbocycles. The van der Waals surface area contributed by atoms with E-state index in [2.05, 4.69) is 28.1 Å². The zero-order chi connectivity index (χ0) is 11.4. The topological polar surface area (TPSA) is 53.2 Å². The molecule has 1 amide bonds. The summed E-state index contributed by atoms with van der Waals surface area (Å²) in [6.07, 6.45) is 0.514. The first-order chi connectivity index (χ1) is 7.79. The lowest BCUT2D eigenvalue weighted by Gasteiger charge is -2.06. The molecule has 1 aliphatic heterocycles. The van der Waals surface area contributed by atoms with Crippen LogP contribution >= 0.6 is 0 Å². The van der Waals surface area contributed by atoms with Crippen LogP contribution in [0.25, 0.3) is 0 Å². The van der Waals surface area contributed by atoms with Gasteiger partial charge in [0.2, 0.25) is 5.91 Å². The molecule has 2 rings (SSSR count). The van der Waals surface area contributed by atoms with Crippen LogP contribution in [-0.4, -0.2) is 26.0 Å². The van der Waals surface area contributed by atoms with E-state index < -0.39 is 0 Å². The maximum atomic E-state index is 11.2. The molecule has 3 N–H and O–H groups in total. The highest BCUT2D eigenvalue weighted by molar-refractivity contribution is 5.99. The normalized spacial score (nSPS) is 13.7. The van der Waals surface area contributed by atoms with E-state index in [1.807, 2.05) is 13.1 Å². The Morgan fingerprint density at radius 2 is 2.25 bits per heavy atom. The fraction of sp³-hybridized carbons (Fsp3) is 0.417. The molecule has 0 unspecified atom stereocenters. The Morgan fingerprint density at radius 3 is 3.06 bits per heavy atom. The van der Waals surface area contributed by atoms with Gasteiger partial charge in [-0.1, -0.05) is 12.1 Å². The van der Waals surface area contributed by atoms with E-state index in [-0.39, 0.29) is 5.91 Å². The molecule has 4 heteroatoms. The Labute approximate surface area is 95.4 Å². The number of rotatable bonds is 5. The first-order valence-electron chi connectivity index (χ1n) is 5.56. The molecule has 0 fully saturated rings. The summed E-state index contributed by atoms with van der Waals surface area (Å²) in [5.74, 6) is 0.0929. The number of amides is 1. The first-order valence-corrected chi connectivity index (χ1v) is 5.56. The quantitative estimate of drug-likeness (QED) is 0.632. The Balaban J connectivity index is 1.92. The fourth-order valence-corrected chi connectivity index (χ4v) is 1.84. The van der Waals surface area contributed by atoms with Crippen LogP contribution in [0, 0.1) is 0 Å². The minimum absolute atomic E-state index is 0.0929. The molecular formula is C12H17N3O. The molecule has 1 aromatic rings. The van der Waals surface area contributed by atoms with Gasteiger partial charge in [-0.05, 0) is 24.2 Å². The molecule has 0 aromatic heterocycles. The minimum Gasteiger partial charge on any atom is -0.326 e. The second-order valence-corrected chi connectivity index (χ2v) is 4.00. The van der Waals surface area contributed by atoms with E-state index in [1.165, 1.54) is 5.56 Å². The Hall–Kier alpha value is -1.39. The number of benzene rings is 1. The van der Waals surface area contributed by atoms with Gasteiger partial charge < -0.3 is 16.0 Å². The molecule has 0 bridgehead atoms. The molecular weight excluding hydrogens is 202 g/mol. The van der Waals surface area contributed by atoms with Crippen LogP contribution in [0.5, 0.6) is 0 Å². The molecule has 0 radical (unpaired) electrons. The third-order valence-corrected chi connectivity index (χ3v) is 2.68. The number of fused-ring (bicyclic) bond motifs is 1. The van der Waals surface area contributed by atoms with Crippen LogP contribution in [0.1, 0.15) is 11.1 Å². The largest absolute Gasteiger partial charge is 0.326 e. The van der Waals surface area contributed by atoms with E-state index in [0.29, 0.717) is 6.42 Å². The van der Waals surface area contributed by atoms with Crippen LogP contribution in [0.3, 0.4) is 0 Å². The van der Waals surface area contributed by atoms with Crippen molar-refractivity contribution in [3.05, 3.63) is 29.3 Å². The number of nitrogens with one attached hydrogen (secondary N) is 3. The van der Waals surface area contributed by atoms with Gasteiger partial charge in [0.05, 0.1) is 6.42 Å². The lowest BCUT2D eigenvalue weighted by Crippen LogP contribution is -2.24. The van der Waals surface area contributed by atoms with Crippen molar-refractivity contribution in [2.24, 2.45) is 0 Å². The molecule has 1 heterocycles. The third kappa shape index (κ3) is 2.59. The average Bonchev–Trinajstić information content (AvgIpc) is 2.64. The average molecular weight is 219 g/mol.